The lowest BCUT2D eigenvalue weighted by Gasteiger charge is -2.16. The van der Waals surface area contributed by atoms with Gasteiger partial charge >= 0.3 is 0 Å². The number of ether oxygens (including phenoxy) is 1. The number of thiazole rings is 1. The number of nitrogens with zero attached hydrogens (tertiary/aromatic N) is 1. The van der Waals surface area contributed by atoms with Crippen molar-refractivity contribution in [2.24, 2.45) is 5.73 Å². The van der Waals surface area contributed by atoms with Crippen LogP contribution in [0.15, 0.2) is 5.38 Å². The number of carbonyl (C=O) groups excluding carboxylic acids is 1. The molecule has 18 heavy (non-hydrogen) atoms. The van der Waals surface area contributed by atoms with Crippen LogP contribution in [0.2, 0.25) is 0 Å². The molecule has 0 bridgehead atoms. The highest BCUT2D eigenvalue weighted by Gasteiger charge is 2.30. The predicted octanol–water partition coefficient (Wildman–Crippen LogP) is 1.14. The second-order valence-electron chi connectivity index (χ2n) is 4.62. The van der Waals surface area contributed by atoms with E-state index in [4.69, 9.17) is 10.5 Å². The summed E-state index contributed by atoms with van der Waals surface area (Å²) >= 11 is 1.56. The van der Waals surface area contributed by atoms with Crippen molar-refractivity contribution in [3.8, 4) is 0 Å². The van der Waals surface area contributed by atoms with Gasteiger partial charge in [-0.3, -0.25) is 4.79 Å². The topological polar surface area (TPSA) is 77.2 Å². The molecule has 0 aromatic carbocycles. The summed E-state index contributed by atoms with van der Waals surface area (Å²) in [6, 6.07) is -0.0725. The van der Waals surface area contributed by atoms with E-state index in [1.54, 1.807) is 11.3 Å². The number of hydrogen-bond donors (Lipinski definition) is 2. The fraction of sp³-hybridized carbons (Fsp3) is 0.667. The molecule has 3 atom stereocenters. The van der Waals surface area contributed by atoms with Gasteiger partial charge in [0.1, 0.15) is 11.1 Å². The first-order valence-electron chi connectivity index (χ1n) is 6.18. The highest BCUT2D eigenvalue weighted by atomic mass is 32.1. The molecular formula is C12H19N3O2S. The van der Waals surface area contributed by atoms with Crippen molar-refractivity contribution in [1.29, 1.82) is 0 Å². The summed E-state index contributed by atoms with van der Waals surface area (Å²) in [6.45, 7) is 4.36. The summed E-state index contributed by atoms with van der Waals surface area (Å²) < 4.78 is 5.56. The maximum absolute atomic E-state index is 12.0. The minimum Gasteiger partial charge on any atom is -0.364 e. The molecule has 0 saturated carbocycles. The summed E-state index contributed by atoms with van der Waals surface area (Å²) in [7, 11) is 0. The first kappa shape index (κ1) is 13.5. The molecule has 2 heterocycles. The zero-order valence-corrected chi connectivity index (χ0v) is 11.5. The number of aryl methyl sites for hydroxylation is 1. The van der Waals surface area contributed by atoms with Crippen LogP contribution in [0.5, 0.6) is 0 Å². The molecule has 0 aliphatic carbocycles. The molecule has 3 N–H and O–H groups in total. The fourth-order valence-electron chi connectivity index (χ4n) is 2.01. The smallest absolute Gasteiger partial charge is 0.249 e. The molecule has 1 aromatic rings. The van der Waals surface area contributed by atoms with Crippen LogP contribution in [0.3, 0.4) is 0 Å². The van der Waals surface area contributed by atoms with Gasteiger partial charge in [-0.25, -0.2) is 4.98 Å². The molecule has 1 aromatic heterocycles. The summed E-state index contributed by atoms with van der Waals surface area (Å²) in [5.41, 5.74) is 6.51. The largest absolute Gasteiger partial charge is 0.364 e. The van der Waals surface area contributed by atoms with Crippen molar-refractivity contribution >= 4 is 17.2 Å². The highest BCUT2D eigenvalue weighted by molar-refractivity contribution is 7.09. The van der Waals surface area contributed by atoms with E-state index < -0.39 is 0 Å². The molecule has 100 valence electrons. The maximum Gasteiger partial charge on any atom is 0.249 e. The third kappa shape index (κ3) is 3.07. The first-order chi connectivity index (χ1) is 8.60. The zero-order valence-electron chi connectivity index (χ0n) is 10.7. The molecule has 1 aliphatic rings. The van der Waals surface area contributed by atoms with Crippen molar-refractivity contribution in [2.75, 3.05) is 6.54 Å². The van der Waals surface area contributed by atoms with Crippen molar-refractivity contribution in [3.63, 3.8) is 0 Å². The third-order valence-corrected chi connectivity index (χ3v) is 4.17. The molecule has 2 rings (SSSR count). The van der Waals surface area contributed by atoms with Gasteiger partial charge < -0.3 is 15.8 Å². The number of nitrogens with two attached hydrogens (primary N) is 1. The van der Waals surface area contributed by atoms with Crippen LogP contribution in [0.4, 0.5) is 0 Å². The standard InChI is InChI=1S/C12H19N3O2S/c1-7-6-18-12(14-7)8(2)15-11(16)10-4-3-9(5-13)17-10/h6,8-10H,3-5,13H2,1-2H3,(H,15,16). The Bertz CT molecular complexity index is 421. The molecule has 1 saturated heterocycles. The van der Waals surface area contributed by atoms with Crippen LogP contribution in [-0.4, -0.2) is 29.6 Å². The summed E-state index contributed by atoms with van der Waals surface area (Å²) in [4.78, 5) is 16.4. The second kappa shape index (κ2) is 5.77. The van der Waals surface area contributed by atoms with Crippen LogP contribution >= 0.6 is 11.3 Å². The third-order valence-electron chi connectivity index (χ3n) is 3.03. The van der Waals surface area contributed by atoms with E-state index in [1.807, 2.05) is 19.2 Å². The Morgan fingerprint density at radius 3 is 3.06 bits per heavy atom. The zero-order chi connectivity index (χ0) is 13.1. The van der Waals surface area contributed by atoms with Crippen LogP contribution in [-0.2, 0) is 9.53 Å². The van der Waals surface area contributed by atoms with Crippen LogP contribution < -0.4 is 11.1 Å². The lowest BCUT2D eigenvalue weighted by atomic mass is 10.2. The molecule has 1 aliphatic heterocycles. The maximum atomic E-state index is 12.0. The van der Waals surface area contributed by atoms with Crippen molar-refractivity contribution < 1.29 is 9.53 Å². The minimum atomic E-state index is -0.359. The van der Waals surface area contributed by atoms with E-state index in [0.29, 0.717) is 6.54 Å². The van der Waals surface area contributed by atoms with Gasteiger partial charge in [0.15, 0.2) is 0 Å². The second-order valence-corrected chi connectivity index (χ2v) is 5.51. The van der Waals surface area contributed by atoms with Crippen LogP contribution in [0, 0.1) is 6.92 Å². The molecule has 5 nitrogen and oxygen atoms in total. The Labute approximate surface area is 111 Å². The fourth-order valence-corrected chi connectivity index (χ4v) is 2.81. The van der Waals surface area contributed by atoms with E-state index in [0.717, 1.165) is 23.5 Å². The molecule has 0 radical (unpaired) electrons. The molecular weight excluding hydrogens is 250 g/mol. The Morgan fingerprint density at radius 1 is 1.72 bits per heavy atom. The Hall–Kier alpha value is -0.980. The lowest BCUT2D eigenvalue weighted by Crippen LogP contribution is -2.36. The van der Waals surface area contributed by atoms with Crippen LogP contribution in [0.1, 0.15) is 36.5 Å². The van der Waals surface area contributed by atoms with Gasteiger partial charge in [0.2, 0.25) is 5.91 Å². The van der Waals surface area contributed by atoms with Crippen molar-refractivity contribution in [3.05, 3.63) is 16.1 Å². The number of amides is 1. The van der Waals surface area contributed by atoms with E-state index >= 15 is 0 Å². The Kier molecular flexibility index (Phi) is 4.31. The monoisotopic (exact) mass is 269 g/mol. The molecule has 1 amide bonds. The lowest BCUT2D eigenvalue weighted by molar-refractivity contribution is -0.132. The van der Waals surface area contributed by atoms with Gasteiger partial charge in [-0.05, 0) is 26.7 Å². The number of aromatic nitrogens is 1. The van der Waals surface area contributed by atoms with Gasteiger partial charge in [0.25, 0.3) is 0 Å². The minimum absolute atomic E-state index is 0.0261. The van der Waals surface area contributed by atoms with Gasteiger partial charge in [0.05, 0.1) is 12.1 Å². The van der Waals surface area contributed by atoms with Crippen LogP contribution in [0.25, 0.3) is 0 Å². The quantitative estimate of drug-likeness (QED) is 0.859. The Balaban J connectivity index is 1.88. The summed E-state index contributed by atoms with van der Waals surface area (Å²) in [5, 5.41) is 5.85. The van der Waals surface area contributed by atoms with E-state index in [9.17, 15) is 4.79 Å². The number of carbonyl (C=O) groups is 1. The Morgan fingerprint density at radius 2 is 2.50 bits per heavy atom. The average molecular weight is 269 g/mol. The highest BCUT2D eigenvalue weighted by Crippen LogP contribution is 2.21. The van der Waals surface area contributed by atoms with Gasteiger partial charge in [-0.15, -0.1) is 11.3 Å². The van der Waals surface area contributed by atoms with Gasteiger partial charge in [0, 0.05) is 17.6 Å². The first-order valence-corrected chi connectivity index (χ1v) is 7.06. The molecule has 1 fully saturated rings. The number of nitrogens with one attached hydrogen (secondary N) is 1. The van der Waals surface area contributed by atoms with E-state index in [-0.39, 0.29) is 24.2 Å². The number of hydrogen-bond acceptors (Lipinski definition) is 5. The summed E-state index contributed by atoms with van der Waals surface area (Å²) in [5.74, 6) is -0.0636. The van der Waals surface area contributed by atoms with Crippen molar-refractivity contribution in [1.82, 2.24) is 10.3 Å². The summed E-state index contributed by atoms with van der Waals surface area (Å²) in [6.07, 6.45) is 1.27. The van der Waals surface area contributed by atoms with Gasteiger partial charge in [-0.2, -0.15) is 0 Å². The molecule has 6 heteroatoms. The SMILES string of the molecule is Cc1csc(C(C)NC(=O)C2CCC(CN)O2)n1. The predicted molar refractivity (Wildman–Crippen MR) is 70.4 cm³/mol. The normalized spacial score (nSPS) is 25.1. The van der Waals surface area contributed by atoms with E-state index in [2.05, 4.69) is 10.3 Å². The van der Waals surface area contributed by atoms with Gasteiger partial charge in [-0.1, -0.05) is 0 Å². The molecule has 3 unspecified atom stereocenters. The average Bonchev–Trinajstić information content (AvgIpc) is 2.97. The number of rotatable bonds is 4. The molecule has 0 spiro atoms. The van der Waals surface area contributed by atoms with Crippen molar-refractivity contribution in [2.45, 2.75) is 44.9 Å². The van der Waals surface area contributed by atoms with E-state index in [1.165, 1.54) is 0 Å².